The Labute approximate surface area is 107 Å². The Morgan fingerprint density at radius 1 is 1.18 bits per heavy atom. The second-order valence-corrected chi connectivity index (χ2v) is 6.26. The molecule has 90 valence electrons. The van der Waals surface area contributed by atoms with Crippen molar-refractivity contribution in [1.29, 1.82) is 0 Å². The van der Waals surface area contributed by atoms with Gasteiger partial charge in [-0.3, -0.25) is 0 Å². The number of nitrogens with two attached hydrogens (primary N) is 1. The SMILES string of the molecule is NCC1(Cc2csc3ccccc23)CCCC1. The molecule has 0 bridgehead atoms. The summed E-state index contributed by atoms with van der Waals surface area (Å²) in [6.07, 6.45) is 6.52. The first kappa shape index (κ1) is 11.2. The van der Waals surface area contributed by atoms with Gasteiger partial charge in [-0.25, -0.2) is 0 Å². The second-order valence-electron chi connectivity index (χ2n) is 5.35. The molecule has 1 aliphatic rings. The summed E-state index contributed by atoms with van der Waals surface area (Å²) in [6.45, 7) is 0.844. The van der Waals surface area contributed by atoms with Crippen LogP contribution in [0.5, 0.6) is 0 Å². The Morgan fingerprint density at radius 2 is 1.94 bits per heavy atom. The first-order valence-electron chi connectivity index (χ1n) is 6.48. The summed E-state index contributed by atoms with van der Waals surface area (Å²) in [7, 11) is 0. The molecule has 1 aromatic heterocycles. The molecule has 1 fully saturated rings. The summed E-state index contributed by atoms with van der Waals surface area (Å²) in [6, 6.07) is 8.73. The van der Waals surface area contributed by atoms with Crippen LogP contribution in [0.3, 0.4) is 0 Å². The molecular formula is C15H19NS. The Hall–Kier alpha value is -0.860. The van der Waals surface area contributed by atoms with E-state index in [0.29, 0.717) is 5.41 Å². The fraction of sp³-hybridized carbons (Fsp3) is 0.467. The zero-order chi connectivity index (χ0) is 11.7. The molecule has 1 aromatic carbocycles. The maximum absolute atomic E-state index is 6.03. The first-order valence-corrected chi connectivity index (χ1v) is 7.36. The topological polar surface area (TPSA) is 26.0 Å². The molecule has 3 rings (SSSR count). The van der Waals surface area contributed by atoms with Crippen molar-refractivity contribution in [3.63, 3.8) is 0 Å². The molecule has 0 unspecified atom stereocenters. The third-order valence-electron chi connectivity index (χ3n) is 4.22. The molecule has 0 saturated heterocycles. The zero-order valence-corrected chi connectivity index (χ0v) is 10.9. The van der Waals surface area contributed by atoms with Crippen molar-refractivity contribution in [3.05, 3.63) is 35.2 Å². The van der Waals surface area contributed by atoms with Crippen LogP contribution in [0.15, 0.2) is 29.6 Å². The van der Waals surface area contributed by atoms with Gasteiger partial charge in [0, 0.05) is 4.70 Å². The lowest BCUT2D eigenvalue weighted by atomic mass is 9.80. The third kappa shape index (κ3) is 2.00. The molecule has 0 spiro atoms. The average molecular weight is 245 g/mol. The van der Waals surface area contributed by atoms with E-state index in [-0.39, 0.29) is 0 Å². The van der Waals surface area contributed by atoms with E-state index >= 15 is 0 Å². The van der Waals surface area contributed by atoms with E-state index in [4.69, 9.17) is 5.73 Å². The minimum atomic E-state index is 0.393. The van der Waals surface area contributed by atoms with Gasteiger partial charge in [-0.05, 0) is 53.6 Å². The van der Waals surface area contributed by atoms with Crippen LogP contribution < -0.4 is 5.73 Å². The van der Waals surface area contributed by atoms with Crippen molar-refractivity contribution in [1.82, 2.24) is 0 Å². The number of rotatable bonds is 3. The van der Waals surface area contributed by atoms with E-state index in [1.165, 1.54) is 47.8 Å². The van der Waals surface area contributed by atoms with Gasteiger partial charge >= 0.3 is 0 Å². The summed E-state index contributed by atoms with van der Waals surface area (Å²) in [5.74, 6) is 0. The maximum atomic E-state index is 6.03. The first-order chi connectivity index (χ1) is 8.33. The second kappa shape index (κ2) is 4.43. The fourth-order valence-electron chi connectivity index (χ4n) is 3.15. The molecule has 1 heterocycles. The summed E-state index contributed by atoms with van der Waals surface area (Å²) >= 11 is 1.87. The van der Waals surface area contributed by atoms with Crippen molar-refractivity contribution in [2.24, 2.45) is 11.1 Å². The number of fused-ring (bicyclic) bond motifs is 1. The van der Waals surface area contributed by atoms with E-state index < -0.39 is 0 Å². The minimum absolute atomic E-state index is 0.393. The van der Waals surface area contributed by atoms with Crippen LogP contribution in [-0.2, 0) is 6.42 Å². The van der Waals surface area contributed by atoms with E-state index in [9.17, 15) is 0 Å². The van der Waals surface area contributed by atoms with Gasteiger partial charge in [0.25, 0.3) is 0 Å². The molecule has 0 amide bonds. The molecule has 0 radical (unpaired) electrons. The molecule has 1 aliphatic carbocycles. The number of thiophene rings is 1. The lowest BCUT2D eigenvalue weighted by Crippen LogP contribution is -2.29. The van der Waals surface area contributed by atoms with Gasteiger partial charge in [-0.1, -0.05) is 31.0 Å². The van der Waals surface area contributed by atoms with Crippen LogP contribution in [0.1, 0.15) is 31.2 Å². The van der Waals surface area contributed by atoms with Gasteiger partial charge in [0.05, 0.1) is 0 Å². The van der Waals surface area contributed by atoms with Gasteiger partial charge in [-0.2, -0.15) is 0 Å². The Kier molecular flexibility index (Phi) is 2.93. The Balaban J connectivity index is 1.94. The van der Waals surface area contributed by atoms with Crippen molar-refractivity contribution in [2.45, 2.75) is 32.1 Å². The summed E-state index contributed by atoms with van der Waals surface area (Å²) < 4.78 is 1.41. The largest absolute Gasteiger partial charge is 0.330 e. The highest BCUT2D eigenvalue weighted by atomic mass is 32.1. The highest BCUT2D eigenvalue weighted by molar-refractivity contribution is 7.17. The quantitative estimate of drug-likeness (QED) is 0.870. The molecule has 0 aliphatic heterocycles. The smallest absolute Gasteiger partial charge is 0.0345 e. The molecular weight excluding hydrogens is 226 g/mol. The molecule has 0 atom stereocenters. The van der Waals surface area contributed by atoms with E-state index in [1.54, 1.807) is 0 Å². The summed E-state index contributed by atoms with van der Waals surface area (Å²) in [5.41, 5.74) is 7.94. The average Bonchev–Trinajstić information content (AvgIpc) is 2.99. The highest BCUT2D eigenvalue weighted by Crippen LogP contribution is 2.42. The molecule has 1 nitrogen and oxygen atoms in total. The standard InChI is InChI=1S/C15H19NS/c16-11-15(7-3-4-8-15)9-12-10-17-14-6-2-1-5-13(12)14/h1-2,5-6,10H,3-4,7-9,11,16H2. The van der Waals surface area contributed by atoms with E-state index in [1.807, 2.05) is 11.3 Å². The number of benzene rings is 1. The van der Waals surface area contributed by atoms with Gasteiger partial charge in [-0.15, -0.1) is 11.3 Å². The lowest BCUT2D eigenvalue weighted by molar-refractivity contribution is 0.308. The third-order valence-corrected chi connectivity index (χ3v) is 5.24. The van der Waals surface area contributed by atoms with Crippen LogP contribution in [0.25, 0.3) is 10.1 Å². The van der Waals surface area contributed by atoms with E-state index in [2.05, 4.69) is 29.6 Å². The summed E-state index contributed by atoms with van der Waals surface area (Å²) in [4.78, 5) is 0. The van der Waals surface area contributed by atoms with Crippen LogP contribution in [0.4, 0.5) is 0 Å². The van der Waals surface area contributed by atoms with Crippen molar-refractivity contribution in [2.75, 3.05) is 6.54 Å². The predicted octanol–water partition coefficient (Wildman–Crippen LogP) is 3.96. The normalized spacial score (nSPS) is 18.9. The highest BCUT2D eigenvalue weighted by Gasteiger charge is 2.33. The molecule has 2 N–H and O–H groups in total. The molecule has 2 heteroatoms. The van der Waals surface area contributed by atoms with Crippen molar-refractivity contribution < 1.29 is 0 Å². The number of hydrogen-bond donors (Lipinski definition) is 1. The predicted molar refractivity (Wildman–Crippen MR) is 75.5 cm³/mol. The van der Waals surface area contributed by atoms with Crippen molar-refractivity contribution >= 4 is 21.4 Å². The van der Waals surface area contributed by atoms with Crippen LogP contribution >= 0.6 is 11.3 Å². The lowest BCUT2D eigenvalue weighted by Gasteiger charge is -2.26. The minimum Gasteiger partial charge on any atom is -0.330 e. The molecule has 2 aromatic rings. The fourth-order valence-corrected chi connectivity index (χ4v) is 4.11. The summed E-state index contributed by atoms with van der Waals surface area (Å²) in [5, 5.41) is 3.78. The monoisotopic (exact) mass is 245 g/mol. The van der Waals surface area contributed by atoms with Gasteiger partial charge in [0.15, 0.2) is 0 Å². The van der Waals surface area contributed by atoms with Crippen LogP contribution in [0, 0.1) is 5.41 Å². The van der Waals surface area contributed by atoms with Gasteiger partial charge < -0.3 is 5.73 Å². The van der Waals surface area contributed by atoms with Gasteiger partial charge in [0.1, 0.15) is 0 Å². The van der Waals surface area contributed by atoms with E-state index in [0.717, 1.165) is 6.54 Å². The van der Waals surface area contributed by atoms with Crippen LogP contribution in [-0.4, -0.2) is 6.54 Å². The Morgan fingerprint density at radius 3 is 2.71 bits per heavy atom. The van der Waals surface area contributed by atoms with Crippen LogP contribution in [0.2, 0.25) is 0 Å². The number of hydrogen-bond acceptors (Lipinski definition) is 2. The maximum Gasteiger partial charge on any atom is 0.0345 e. The molecule has 1 saturated carbocycles. The molecule has 17 heavy (non-hydrogen) atoms. The van der Waals surface area contributed by atoms with Crippen molar-refractivity contribution in [3.8, 4) is 0 Å². The Bertz CT molecular complexity index is 508. The van der Waals surface area contributed by atoms with Gasteiger partial charge in [0.2, 0.25) is 0 Å². The zero-order valence-electron chi connectivity index (χ0n) is 10.1.